The van der Waals surface area contributed by atoms with Crippen LogP contribution in [0.3, 0.4) is 0 Å². The van der Waals surface area contributed by atoms with Gasteiger partial charge in [-0.3, -0.25) is 38.4 Å². The van der Waals surface area contributed by atoms with Crippen LogP contribution in [0.2, 0.25) is 0 Å². The molecular weight excluding hydrogens is 1830 g/mol. The highest BCUT2D eigenvalue weighted by atomic mass is 16.6. The van der Waals surface area contributed by atoms with Crippen molar-refractivity contribution in [2.45, 2.75) is 408 Å². The third-order valence-electron chi connectivity index (χ3n) is 22.0. The van der Waals surface area contributed by atoms with Crippen LogP contribution >= 0.6 is 0 Å². The predicted octanol–water partition coefficient (Wildman–Crippen LogP) is 19.6. The van der Waals surface area contributed by atoms with Gasteiger partial charge in [0.15, 0.2) is 0 Å². The molecule has 0 aliphatic rings. The number of methoxy groups -OCH3 is 1. The molecule has 0 saturated carbocycles. The van der Waals surface area contributed by atoms with Gasteiger partial charge in [0.1, 0.15) is 48.3 Å². The Labute approximate surface area is 864 Å². The van der Waals surface area contributed by atoms with Gasteiger partial charge >= 0.3 is 47.8 Å². The Bertz CT molecular complexity index is 3590. The fraction of sp³-hybridized carbons (Fsp3) is 0.712. The predicted molar refractivity (Wildman–Crippen MR) is 572 cm³/mol. The van der Waals surface area contributed by atoms with Crippen molar-refractivity contribution in [2.24, 2.45) is 11.8 Å². The van der Waals surface area contributed by atoms with Gasteiger partial charge in [0, 0.05) is 52.4 Å². The molecule has 32 heteroatoms. The van der Waals surface area contributed by atoms with Crippen LogP contribution in [-0.4, -0.2) is 288 Å². The molecule has 0 rings (SSSR count). The molecule has 0 heterocycles. The van der Waals surface area contributed by atoms with Crippen molar-refractivity contribution in [1.82, 2.24) is 39.2 Å². The fourth-order valence-corrected chi connectivity index (χ4v) is 12.5. The summed E-state index contributed by atoms with van der Waals surface area (Å²) in [5.41, 5.74) is 0. The molecule has 0 aliphatic heterocycles. The van der Waals surface area contributed by atoms with Crippen molar-refractivity contribution in [3.8, 4) is 0 Å². The molecule has 0 bridgehead atoms. The average Bonchev–Trinajstić information content (AvgIpc) is 0.999. The molecule has 9 unspecified atom stereocenters. The second-order valence-electron chi connectivity index (χ2n) is 34.9. The van der Waals surface area contributed by atoms with E-state index in [1.165, 1.54) is 90.0 Å². The van der Waals surface area contributed by atoms with Crippen LogP contribution in [0.15, 0.2) is 101 Å². The summed E-state index contributed by atoms with van der Waals surface area (Å²) in [5, 5.41) is 0. The summed E-state index contributed by atoms with van der Waals surface area (Å²) in [6.07, 6.45) is 35.7. The van der Waals surface area contributed by atoms with Crippen LogP contribution in [0.1, 0.15) is 353 Å². The SMILES string of the molecule is C=CC(=O)N(CCCC)C(C)C(=O)OC.C=CC(=O)N(CCCC)C(C)C(=O)OC(C)C.C=CC(=O)N(CCCC)C(C)C(=O)OCC.C=CC(=O)N(CCCC)C(C)C(=O)OCC(C)C.C=CC(=O)N(CCCC)C(C)C(=O)OCC(CC)CCCC.C=CC(=O)N(CCCC)C(C)C(=O)OCCC.C=CC(=O)N(CCCC)C(C)C(=O)OCCCC.C=CC(=O)N(CCCC)C(C)C(=O)OCCCCCC. The number of esters is 8. The van der Waals surface area contributed by atoms with E-state index in [0.29, 0.717) is 104 Å². The molecule has 0 radical (unpaired) electrons. The first kappa shape index (κ1) is 148. The number of carbonyl (C=O) groups is 16. The number of amides is 8. The van der Waals surface area contributed by atoms with Gasteiger partial charge in [-0.15, -0.1) is 0 Å². The van der Waals surface area contributed by atoms with Gasteiger partial charge in [-0.2, -0.15) is 0 Å². The number of carbonyl (C=O) groups excluding carboxylic acids is 16. The van der Waals surface area contributed by atoms with Crippen molar-refractivity contribution < 1.29 is 115 Å². The maximum atomic E-state index is 12.2. The first-order valence-electron chi connectivity index (χ1n) is 52.5. The van der Waals surface area contributed by atoms with Crippen LogP contribution in [0.25, 0.3) is 0 Å². The van der Waals surface area contributed by atoms with E-state index in [0.717, 1.165) is 173 Å². The molecule has 0 spiro atoms. The highest BCUT2D eigenvalue weighted by Crippen LogP contribution is 2.18. The Morgan fingerprint density at radius 3 is 0.657 bits per heavy atom. The van der Waals surface area contributed by atoms with Gasteiger partial charge in [-0.05, 0) is 214 Å². The van der Waals surface area contributed by atoms with Gasteiger partial charge in [-0.1, -0.05) is 253 Å². The molecule has 826 valence electrons. The molecule has 0 N–H and O–H groups in total. The first-order valence-corrected chi connectivity index (χ1v) is 52.5. The zero-order valence-electron chi connectivity index (χ0n) is 94.0. The van der Waals surface area contributed by atoms with E-state index in [1.54, 1.807) is 81.1 Å². The Hall–Kier alpha value is -10.6. The van der Waals surface area contributed by atoms with Gasteiger partial charge in [-0.25, -0.2) is 38.4 Å². The third-order valence-corrected chi connectivity index (χ3v) is 22.0. The molecule has 9 atom stereocenters. The minimum atomic E-state index is -0.561. The lowest BCUT2D eigenvalue weighted by molar-refractivity contribution is -0.156. The minimum Gasteiger partial charge on any atom is -0.467 e. The summed E-state index contributed by atoms with van der Waals surface area (Å²) in [6.45, 7) is 84.0. The number of nitrogens with zero attached hydrogens (tertiary/aromatic N) is 8. The maximum absolute atomic E-state index is 12.2. The number of hydrogen-bond acceptors (Lipinski definition) is 24. The van der Waals surface area contributed by atoms with Crippen molar-refractivity contribution in [1.29, 1.82) is 0 Å². The van der Waals surface area contributed by atoms with Crippen LogP contribution < -0.4 is 0 Å². The molecule has 0 aliphatic carbocycles. The highest BCUT2D eigenvalue weighted by Gasteiger charge is 2.33. The van der Waals surface area contributed by atoms with E-state index in [4.69, 9.17) is 33.2 Å². The summed E-state index contributed by atoms with van der Waals surface area (Å²) >= 11 is 0. The van der Waals surface area contributed by atoms with Crippen LogP contribution in [-0.2, 0) is 115 Å². The van der Waals surface area contributed by atoms with E-state index in [9.17, 15) is 76.7 Å². The second kappa shape index (κ2) is 97.5. The smallest absolute Gasteiger partial charge is 0.328 e. The van der Waals surface area contributed by atoms with Crippen LogP contribution in [0.5, 0.6) is 0 Å². The normalized spacial score (nSPS) is 12.0. The number of rotatable bonds is 68. The second-order valence-corrected chi connectivity index (χ2v) is 34.9. The Kier molecular flexibility index (Phi) is 101. The first-order chi connectivity index (χ1) is 67.8. The van der Waals surface area contributed by atoms with E-state index in [-0.39, 0.29) is 95.1 Å². The Morgan fingerprint density at radius 1 is 0.231 bits per heavy atom. The summed E-state index contributed by atoms with van der Waals surface area (Å²) in [6, 6.07) is -4.39. The number of ether oxygens (including phenoxy) is 8. The zero-order chi connectivity index (χ0) is 112. The van der Waals surface area contributed by atoms with Crippen molar-refractivity contribution >= 4 is 95.0 Å². The topological polar surface area (TPSA) is 373 Å². The lowest BCUT2D eigenvalue weighted by atomic mass is 10.0. The quantitative estimate of drug-likeness (QED) is 0.0236. The largest absolute Gasteiger partial charge is 0.467 e. The maximum Gasteiger partial charge on any atom is 0.328 e. The van der Waals surface area contributed by atoms with Gasteiger partial charge in [0.2, 0.25) is 47.3 Å². The van der Waals surface area contributed by atoms with Crippen LogP contribution in [0, 0.1) is 11.8 Å². The van der Waals surface area contributed by atoms with Gasteiger partial charge in [0.25, 0.3) is 0 Å². The summed E-state index contributed by atoms with van der Waals surface area (Å²) in [5.74, 6) is -3.90. The molecule has 0 aromatic rings. The van der Waals surface area contributed by atoms with Crippen molar-refractivity contribution in [3.63, 3.8) is 0 Å². The van der Waals surface area contributed by atoms with E-state index < -0.39 is 54.3 Å². The van der Waals surface area contributed by atoms with E-state index in [1.807, 2.05) is 76.2 Å². The molecular formula is C111H198N8O24. The number of unbranched alkanes of at least 4 members (excludes halogenated alkanes) is 13. The lowest BCUT2D eigenvalue weighted by Gasteiger charge is -2.27. The molecule has 143 heavy (non-hydrogen) atoms. The monoisotopic (exact) mass is 2030 g/mol. The molecule has 32 nitrogen and oxygen atoms in total. The molecule has 0 fully saturated rings. The van der Waals surface area contributed by atoms with Gasteiger partial charge < -0.3 is 77.1 Å². The lowest BCUT2D eigenvalue weighted by Crippen LogP contribution is -2.44. The summed E-state index contributed by atoms with van der Waals surface area (Å²) < 4.78 is 40.6. The van der Waals surface area contributed by atoms with Gasteiger partial charge in [0.05, 0.1) is 52.9 Å². The molecule has 8 amide bonds. The Morgan fingerprint density at radius 2 is 0.448 bits per heavy atom. The standard InChI is InChI=1S/C18H33NO3.C16H29NO3.2C14H25NO3.2C13H23NO3.C12H21NO3.C11H19NO3/c1-6-10-12-16(8-3)14-22-18(21)15(5)19(13-11-7-2)17(20)9-4;1-5-8-10-11-13-20-16(19)14(4)17(12-9-6-2)15(18)7-3;1-6-8-9-15(13(16)7-2)12(5)14(17)18-10-11(3)4;1-5-8-10-15(13(16)7-3)12(4)14(17)18-11-9-6-2;1-6-8-9-14(12(15)7-2)11(5)13(16)17-10(3)4;1-5-8-9-14(12(15)7-3)11(4)13(16)17-10-6-2;1-5-8-9-13(11(14)6-2)10(4)12(15)16-7-3;1-5-7-8-12(10(13)6-2)9(3)11(14)15-4/h9,15-16H,4,6-8,10-14H2,1-3,5H3;7,14H,3,5-6,8-13H2,1-2,4H3;7,11-12H,2,6,8-10H2,1,3-5H3;7,12H,3,5-6,8-11H2,1-2,4H3;7,10-11H,2,6,8-9H2,1,3-5H3;7,11H,3,5-6,8-10H2,1-2,4H3;6,10H,2,5,7-9H2,1,3-4H3;6,9H,2,5,7-8H2,1,3-4H3. The van der Waals surface area contributed by atoms with E-state index in [2.05, 4.69) is 85.1 Å². The highest BCUT2D eigenvalue weighted by molar-refractivity contribution is 5.95. The van der Waals surface area contributed by atoms with Crippen molar-refractivity contribution in [3.05, 3.63) is 101 Å². The summed E-state index contributed by atoms with van der Waals surface area (Å²) in [4.78, 5) is 199. The van der Waals surface area contributed by atoms with Crippen LogP contribution in [0.4, 0.5) is 0 Å². The van der Waals surface area contributed by atoms with Crippen molar-refractivity contribution in [2.75, 3.05) is 99.1 Å². The minimum absolute atomic E-state index is 0.170. The van der Waals surface area contributed by atoms with E-state index >= 15 is 0 Å². The molecule has 0 aromatic heterocycles. The molecule has 0 aromatic carbocycles. The fourth-order valence-electron chi connectivity index (χ4n) is 12.5. The number of hydrogen-bond donors (Lipinski definition) is 0. The average molecular weight is 2030 g/mol. The third kappa shape index (κ3) is 72.4. The summed E-state index contributed by atoms with van der Waals surface area (Å²) in [7, 11) is 1.31. The Balaban J connectivity index is -0.000000243. The molecule has 0 saturated heterocycles. The zero-order valence-corrected chi connectivity index (χ0v) is 94.0.